The van der Waals surface area contributed by atoms with Gasteiger partial charge in [0.2, 0.25) is 35.7 Å². The number of hydrogen-bond acceptors (Lipinski definition) is 34. The molecule has 6 aromatic rings. The second-order valence-electron chi connectivity index (χ2n) is 15.8. The van der Waals surface area contributed by atoms with Crippen molar-refractivity contribution in [3.05, 3.63) is 83.9 Å². The summed E-state index contributed by atoms with van der Waals surface area (Å²) in [4.78, 5) is 20.7. The Morgan fingerprint density at radius 3 is 0.895 bits per heavy atom. The molecule has 0 unspecified atom stereocenters. The Morgan fingerprint density at radius 1 is 0.360 bits per heavy atom. The number of aromatic nitrogens is 6. The van der Waals surface area contributed by atoms with Gasteiger partial charge in [-0.2, -0.15) is 29.9 Å². The first-order valence-electron chi connectivity index (χ1n) is 21.7. The Labute approximate surface area is 624 Å². The van der Waals surface area contributed by atoms with E-state index in [0.29, 0.717) is 36.4 Å². The largest absolute Gasteiger partial charge is 1.00 e. The molecule has 0 aliphatic rings. The number of hydrogen-bond donors (Lipinski definition) is 8. The van der Waals surface area contributed by atoms with Crippen LogP contribution in [-0.2, 0) is 60.7 Å². The van der Waals surface area contributed by atoms with Gasteiger partial charge in [0, 0.05) is 37.6 Å². The first kappa shape index (κ1) is 84.7. The van der Waals surface area contributed by atoms with E-state index in [1.807, 2.05) is 0 Å². The SMILES string of the molecule is O=S(=O)([O-])c1ccc(S(=O)(=O)[O-])c(Nc2nc(Nc3ccc(/C=C/c4ccc(Nc5nc(Nc6cc(S(=O)(=O)[O-])ccc6S(=O)(=O)[O-])nc(N(CCO)CCO)n5)cc4S(=O)(=O)[O-])c(S(=O)(=O)[O-])c3)nc(N(CCO)CCO)n2)c1.[Na+].[Na+].[Na+].[Na+].[Na+].[Na+]. The predicted octanol–water partition coefficient (Wildman–Crippen LogP) is -19.8. The van der Waals surface area contributed by atoms with E-state index in [1.165, 1.54) is 0 Å². The van der Waals surface area contributed by atoms with Crippen molar-refractivity contribution in [1.82, 2.24) is 29.9 Å². The van der Waals surface area contributed by atoms with Gasteiger partial charge in [0.1, 0.15) is 60.7 Å². The molecule has 0 saturated heterocycles. The topological polar surface area (TPSA) is 556 Å². The molecule has 2 aromatic heterocycles. The second-order valence-corrected chi connectivity index (χ2v) is 24.0. The summed E-state index contributed by atoms with van der Waals surface area (Å²) in [6, 6.07) is 8.92. The molecule has 0 radical (unpaired) electrons. The van der Waals surface area contributed by atoms with Crippen molar-refractivity contribution in [2.45, 2.75) is 29.4 Å². The summed E-state index contributed by atoms with van der Waals surface area (Å²) >= 11 is 0. The number of aliphatic hydroxyl groups excluding tert-OH is 4. The van der Waals surface area contributed by atoms with E-state index >= 15 is 0 Å². The van der Waals surface area contributed by atoms with Gasteiger partial charge in [-0.25, -0.2) is 50.5 Å². The van der Waals surface area contributed by atoms with Crippen LogP contribution in [0.1, 0.15) is 11.1 Å². The van der Waals surface area contributed by atoms with Gasteiger partial charge in [0.05, 0.1) is 67.2 Å². The van der Waals surface area contributed by atoms with Gasteiger partial charge < -0.3 is 78.8 Å². The molecule has 0 fully saturated rings. The minimum absolute atomic E-state index is 0. The van der Waals surface area contributed by atoms with Gasteiger partial charge in [-0.1, -0.05) is 24.3 Å². The van der Waals surface area contributed by atoms with E-state index in [9.17, 15) is 98.2 Å². The molecule has 8 N–H and O–H groups in total. The number of benzene rings is 4. The summed E-state index contributed by atoms with van der Waals surface area (Å²) in [6.45, 7) is -3.30. The maximum atomic E-state index is 12.7. The second kappa shape index (κ2) is 35.7. The van der Waals surface area contributed by atoms with Crippen LogP contribution in [0.4, 0.5) is 58.4 Å². The van der Waals surface area contributed by atoms with Crippen LogP contribution in [0.15, 0.2) is 102 Å². The third-order valence-electron chi connectivity index (χ3n) is 10.3. The quantitative estimate of drug-likeness (QED) is 0.0142. The molecule has 432 valence electrons. The van der Waals surface area contributed by atoms with E-state index in [0.717, 1.165) is 58.4 Å². The fourth-order valence-corrected chi connectivity index (χ4v) is 10.5. The minimum atomic E-state index is -5.47. The average molecular weight is 1370 g/mol. The van der Waals surface area contributed by atoms with Crippen LogP contribution in [-0.4, -0.2) is 181 Å². The Hall–Kier alpha value is -1.26. The molecule has 0 aliphatic heterocycles. The van der Waals surface area contributed by atoms with Gasteiger partial charge in [-0.3, -0.25) is 0 Å². The van der Waals surface area contributed by atoms with E-state index in [1.54, 1.807) is 0 Å². The molecular weight excluding hydrogens is 1330 g/mol. The molecule has 0 amide bonds. The van der Waals surface area contributed by atoms with Crippen molar-refractivity contribution in [2.24, 2.45) is 0 Å². The summed E-state index contributed by atoms with van der Waals surface area (Å²) in [5.41, 5.74) is -3.03. The summed E-state index contributed by atoms with van der Waals surface area (Å²) in [5.74, 6) is -3.27. The minimum Gasteiger partial charge on any atom is -0.744 e. The van der Waals surface area contributed by atoms with Gasteiger partial charge in [0.25, 0.3) is 0 Å². The molecule has 4 aromatic carbocycles. The molecule has 0 bridgehead atoms. The first-order chi connectivity index (χ1) is 37.2. The summed E-state index contributed by atoms with van der Waals surface area (Å²) in [5, 5.41) is 48.4. The molecule has 34 nitrogen and oxygen atoms in total. The first-order valence-corrected chi connectivity index (χ1v) is 30.2. The zero-order chi connectivity index (χ0) is 59.2. The smallest absolute Gasteiger partial charge is 0.744 e. The predicted molar refractivity (Wildman–Crippen MR) is 268 cm³/mol. The molecular formula is C40H38N12Na6O22S6. The number of rotatable bonds is 26. The molecule has 46 heteroatoms. The Balaban J connectivity index is 0.0000120. The van der Waals surface area contributed by atoms with E-state index in [2.05, 4.69) is 51.2 Å². The van der Waals surface area contributed by atoms with Crippen molar-refractivity contribution in [2.75, 3.05) is 83.7 Å². The number of nitrogens with one attached hydrogen (secondary N) is 4. The fourth-order valence-electron chi connectivity index (χ4n) is 6.91. The van der Waals surface area contributed by atoms with Crippen molar-refractivity contribution < 1.29 is 276 Å². The standard InChI is InChI=1S/C40H44N12O22S6.6Na/c53-15-11-51(12-16-54)39-47-35(45-37(49-39)43-29-21-27(75(57,58)59)7-9-31(29)77(63,64)65)41-25-5-3-23(33(19-25)79(69,70)71)1-2-24-4-6-26(20-34(24)80(72,73)74)42-36-46-38(50-40(48-36)52(13-17-55)14-18-56)44-30-22-28(76(60,61)62)8-10-32(30)78(66,67)68;;;;;;/h1-10,19-22,53-56H,11-18H2,(H,57,58,59)(H,60,61,62)(H,63,64,65)(H,66,67,68)(H,69,70,71)(H,72,73,74)(H2,41,43,45,47,49)(H2,42,44,46,48,50);;;;;;/q;6*+1/p-6/b2-1+;;;;;;. The van der Waals surface area contributed by atoms with E-state index in [-0.39, 0.29) is 215 Å². The molecule has 0 aliphatic carbocycles. The van der Waals surface area contributed by atoms with Crippen LogP contribution >= 0.6 is 0 Å². The van der Waals surface area contributed by atoms with Crippen LogP contribution in [0.25, 0.3) is 12.2 Å². The molecule has 0 atom stereocenters. The Kier molecular flexibility index (Phi) is 35.2. The van der Waals surface area contributed by atoms with Crippen LogP contribution in [0.5, 0.6) is 0 Å². The molecule has 2 heterocycles. The monoisotopic (exact) mass is 1370 g/mol. The van der Waals surface area contributed by atoms with Gasteiger partial charge in [0.15, 0.2) is 0 Å². The summed E-state index contributed by atoms with van der Waals surface area (Å²) < 4.78 is 219. The Morgan fingerprint density at radius 2 is 0.640 bits per heavy atom. The number of aliphatic hydroxyl groups is 4. The fraction of sp³-hybridized carbons (Fsp3) is 0.200. The van der Waals surface area contributed by atoms with Gasteiger partial charge in [-0.15, -0.1) is 0 Å². The van der Waals surface area contributed by atoms with Gasteiger partial charge >= 0.3 is 177 Å². The number of anilines is 10. The van der Waals surface area contributed by atoms with Crippen molar-refractivity contribution in [3.8, 4) is 0 Å². The molecule has 0 saturated carbocycles. The maximum absolute atomic E-state index is 12.7. The van der Waals surface area contributed by atoms with Crippen LogP contribution in [0, 0.1) is 0 Å². The molecule has 86 heavy (non-hydrogen) atoms. The third-order valence-corrected chi connectivity index (χ3v) is 15.6. The zero-order valence-electron chi connectivity index (χ0n) is 45.9. The number of nitrogens with zero attached hydrogens (tertiary/aromatic N) is 8. The van der Waals surface area contributed by atoms with Crippen LogP contribution in [0.3, 0.4) is 0 Å². The van der Waals surface area contributed by atoms with Crippen molar-refractivity contribution in [3.63, 3.8) is 0 Å². The third kappa shape index (κ3) is 24.0. The molecule has 0 spiro atoms. The summed E-state index contributed by atoms with van der Waals surface area (Å²) in [7, 11) is -32.2. The van der Waals surface area contributed by atoms with E-state index < -0.39 is 175 Å². The van der Waals surface area contributed by atoms with Crippen LogP contribution in [0.2, 0.25) is 0 Å². The summed E-state index contributed by atoms with van der Waals surface area (Å²) in [6.07, 6.45) is 1.84. The van der Waals surface area contributed by atoms with Crippen molar-refractivity contribution >= 4 is 131 Å². The van der Waals surface area contributed by atoms with E-state index in [4.69, 9.17) is 0 Å². The molecule has 6 rings (SSSR count). The van der Waals surface area contributed by atoms with Crippen LogP contribution < -0.4 is 208 Å². The normalized spacial score (nSPS) is 11.7. The average Bonchev–Trinajstić information content (AvgIpc) is 3.34. The Bertz CT molecular complexity index is 3830. The zero-order valence-corrected chi connectivity index (χ0v) is 62.8. The van der Waals surface area contributed by atoms with Gasteiger partial charge in [-0.05, 0) is 71.8 Å². The maximum Gasteiger partial charge on any atom is 1.00 e. The van der Waals surface area contributed by atoms with Crippen molar-refractivity contribution in [1.29, 1.82) is 0 Å².